The second-order valence-corrected chi connectivity index (χ2v) is 2.68. The van der Waals surface area contributed by atoms with Crippen molar-refractivity contribution in [3.05, 3.63) is 0 Å². The van der Waals surface area contributed by atoms with Crippen LogP contribution in [0.4, 0.5) is 0 Å². The van der Waals surface area contributed by atoms with E-state index in [0.717, 1.165) is 4.48 Å². The van der Waals surface area contributed by atoms with Crippen LogP contribution in [0.3, 0.4) is 0 Å². The van der Waals surface area contributed by atoms with Crippen molar-refractivity contribution in [2.24, 2.45) is 0 Å². The van der Waals surface area contributed by atoms with Crippen LogP contribution in [0.15, 0.2) is 0 Å². The zero-order valence-corrected chi connectivity index (χ0v) is 10.4. The van der Waals surface area contributed by atoms with Crippen molar-refractivity contribution >= 4 is 0 Å². The fourth-order valence-electron chi connectivity index (χ4n) is 0. The smallest absolute Gasteiger partial charge is 1.00 e. The molecule has 49 valence electrons. The monoisotopic (exact) mass is 208 g/mol. The summed E-state index contributed by atoms with van der Waals surface area (Å²) >= 11 is 0. The molecule has 1 radical (unpaired) electrons. The molecule has 0 saturated heterocycles. The molecule has 0 aliphatic carbocycles. The van der Waals surface area contributed by atoms with E-state index in [4.69, 9.17) is 0 Å². The van der Waals surface area contributed by atoms with Crippen molar-refractivity contribution < 1.29 is 48.8 Å². The molecule has 8 heavy (non-hydrogen) atoms. The third-order valence-corrected chi connectivity index (χ3v) is 0. The summed E-state index contributed by atoms with van der Waals surface area (Å²) in [7, 11) is 8.50. The summed E-state index contributed by atoms with van der Waals surface area (Å²) in [5.41, 5.74) is 0. The van der Waals surface area contributed by atoms with Gasteiger partial charge in [-0.25, -0.2) is 0 Å². The van der Waals surface area contributed by atoms with Gasteiger partial charge < -0.3 is 29.3 Å². The fraction of sp³-hybridized carbons (Fsp3) is 1.00. The summed E-state index contributed by atoms with van der Waals surface area (Å²) in [5.74, 6) is 0. The second-order valence-electron chi connectivity index (χ2n) is 2.68. The van der Waals surface area contributed by atoms with Crippen molar-refractivity contribution in [1.29, 1.82) is 0 Å². The van der Waals surface area contributed by atoms with Gasteiger partial charge in [0.2, 0.25) is 0 Å². The van der Waals surface area contributed by atoms with Gasteiger partial charge in [0.1, 0.15) is 0 Å². The number of hydrogen-bond donors (Lipinski definition) is 0. The topological polar surface area (TPSA) is 0 Å². The summed E-state index contributed by atoms with van der Waals surface area (Å²) < 4.78 is 1.00. The third-order valence-electron chi connectivity index (χ3n) is 0. The SMILES string of the molecule is C[N+](C)(C)C.[Cl-].[Cl-].[Zn+]. The van der Waals surface area contributed by atoms with Crippen molar-refractivity contribution in [2.75, 3.05) is 28.2 Å². The average molecular weight is 210 g/mol. The van der Waals surface area contributed by atoms with Gasteiger partial charge in [0, 0.05) is 0 Å². The Kier molecular flexibility index (Phi) is 23.4. The maximum atomic E-state index is 2.12. The summed E-state index contributed by atoms with van der Waals surface area (Å²) in [6, 6.07) is 0. The van der Waals surface area contributed by atoms with Gasteiger partial charge in [0.05, 0.1) is 28.2 Å². The molecule has 0 rings (SSSR count). The van der Waals surface area contributed by atoms with Crippen LogP contribution in [0.2, 0.25) is 0 Å². The summed E-state index contributed by atoms with van der Waals surface area (Å²) in [6.07, 6.45) is 0. The molecular formula is C4H12Cl2NZn. The first-order chi connectivity index (χ1) is 2.00. The van der Waals surface area contributed by atoms with Crippen LogP contribution < -0.4 is 24.8 Å². The van der Waals surface area contributed by atoms with Gasteiger partial charge in [-0.2, -0.15) is 0 Å². The standard InChI is InChI=1S/C4H12N.2ClH.Zn/c1-5(2,3)4;;;/h1-4H3;2*1H;/q+1;;;+1/p-2. The maximum Gasteiger partial charge on any atom is 1.00 e. The first-order valence-electron chi connectivity index (χ1n) is 1.79. The molecule has 0 aromatic heterocycles. The molecule has 0 bridgehead atoms. The van der Waals surface area contributed by atoms with Gasteiger partial charge in [-0.15, -0.1) is 0 Å². The Morgan fingerprint density at radius 1 is 0.750 bits per heavy atom. The minimum absolute atomic E-state index is 0. The van der Waals surface area contributed by atoms with Gasteiger partial charge in [-0.3, -0.25) is 0 Å². The van der Waals surface area contributed by atoms with Gasteiger partial charge >= 0.3 is 19.5 Å². The predicted octanol–water partition coefficient (Wildman–Crippen LogP) is -5.67. The Hall–Kier alpha value is 1.16. The Balaban J connectivity index is -0.0000000267. The average Bonchev–Trinajstić information content (AvgIpc) is 0.722. The maximum absolute atomic E-state index is 2.12. The van der Waals surface area contributed by atoms with Crippen LogP contribution in [-0.2, 0) is 19.5 Å². The van der Waals surface area contributed by atoms with E-state index in [1.165, 1.54) is 0 Å². The van der Waals surface area contributed by atoms with E-state index in [1.54, 1.807) is 0 Å². The van der Waals surface area contributed by atoms with Crippen LogP contribution in [0, 0.1) is 0 Å². The minimum Gasteiger partial charge on any atom is -1.00 e. The number of nitrogens with zero attached hydrogens (tertiary/aromatic N) is 1. The molecule has 0 aliphatic heterocycles. The van der Waals surface area contributed by atoms with E-state index in [9.17, 15) is 0 Å². The summed E-state index contributed by atoms with van der Waals surface area (Å²) in [6.45, 7) is 0. The van der Waals surface area contributed by atoms with E-state index in [-0.39, 0.29) is 44.3 Å². The number of rotatable bonds is 0. The molecule has 1 nitrogen and oxygen atoms in total. The van der Waals surface area contributed by atoms with E-state index < -0.39 is 0 Å². The van der Waals surface area contributed by atoms with E-state index >= 15 is 0 Å². The van der Waals surface area contributed by atoms with Gasteiger partial charge in [-0.05, 0) is 0 Å². The summed E-state index contributed by atoms with van der Waals surface area (Å²) in [4.78, 5) is 0. The zero-order valence-electron chi connectivity index (χ0n) is 5.91. The third kappa shape index (κ3) is 201. The minimum atomic E-state index is 0. The first kappa shape index (κ1) is 22.9. The Morgan fingerprint density at radius 3 is 0.750 bits per heavy atom. The second kappa shape index (κ2) is 8.16. The van der Waals surface area contributed by atoms with Crippen LogP contribution in [0.25, 0.3) is 0 Å². The number of halogens is 2. The zero-order chi connectivity index (χ0) is 4.50. The molecule has 0 aromatic rings. The molecule has 0 saturated carbocycles. The Morgan fingerprint density at radius 2 is 0.750 bits per heavy atom. The number of hydrogen-bond acceptors (Lipinski definition) is 0. The van der Waals surface area contributed by atoms with Crippen LogP contribution in [-0.4, -0.2) is 32.7 Å². The molecule has 0 aromatic carbocycles. The van der Waals surface area contributed by atoms with Gasteiger partial charge in [0.15, 0.2) is 0 Å². The Bertz CT molecular complexity index is 29.5. The van der Waals surface area contributed by atoms with Gasteiger partial charge in [-0.1, -0.05) is 0 Å². The molecule has 4 heteroatoms. The van der Waals surface area contributed by atoms with E-state index in [2.05, 4.69) is 28.2 Å². The summed E-state index contributed by atoms with van der Waals surface area (Å²) in [5, 5.41) is 0. The molecule has 0 heterocycles. The van der Waals surface area contributed by atoms with Crippen molar-refractivity contribution in [3.8, 4) is 0 Å². The number of quaternary nitrogens is 1. The van der Waals surface area contributed by atoms with Crippen molar-refractivity contribution in [1.82, 2.24) is 0 Å². The van der Waals surface area contributed by atoms with Crippen LogP contribution >= 0.6 is 0 Å². The van der Waals surface area contributed by atoms with Crippen molar-refractivity contribution in [3.63, 3.8) is 0 Å². The molecule has 0 spiro atoms. The molecule has 0 N–H and O–H groups in total. The molecule has 0 aliphatic rings. The molecular weight excluding hydrogens is 198 g/mol. The van der Waals surface area contributed by atoms with E-state index in [0.29, 0.717) is 0 Å². The van der Waals surface area contributed by atoms with Crippen LogP contribution in [0.5, 0.6) is 0 Å². The molecule has 0 unspecified atom stereocenters. The predicted molar refractivity (Wildman–Crippen MR) is 24.0 cm³/mol. The molecule has 0 amide bonds. The Labute approximate surface area is 77.0 Å². The quantitative estimate of drug-likeness (QED) is 0.276. The first-order valence-corrected chi connectivity index (χ1v) is 1.79. The molecule has 0 fully saturated rings. The van der Waals surface area contributed by atoms with Crippen LogP contribution in [0.1, 0.15) is 0 Å². The normalized spacial score (nSPS) is 7.50. The van der Waals surface area contributed by atoms with Gasteiger partial charge in [0.25, 0.3) is 0 Å². The fourth-order valence-corrected chi connectivity index (χ4v) is 0. The van der Waals surface area contributed by atoms with Crippen molar-refractivity contribution in [2.45, 2.75) is 0 Å². The largest absolute Gasteiger partial charge is 1.00 e. The molecule has 0 atom stereocenters. The van der Waals surface area contributed by atoms with E-state index in [1.807, 2.05) is 0 Å².